The third-order valence-corrected chi connectivity index (χ3v) is 7.39. The quantitative estimate of drug-likeness (QED) is 0.355. The average molecular weight is 544 g/mol. The molecule has 0 unspecified atom stereocenters. The largest absolute Gasteiger partial charge is 0.495 e. The molecular weight excluding hydrogens is 502 g/mol. The Kier molecular flexibility index (Phi) is 10.4. The number of rotatable bonds is 12. The summed E-state index contributed by atoms with van der Waals surface area (Å²) in [6.07, 6.45) is 0.277. The van der Waals surface area contributed by atoms with Gasteiger partial charge in [-0.3, -0.25) is 9.59 Å². The number of carbonyl (C=O) groups is 2. The lowest BCUT2D eigenvalue weighted by Crippen LogP contribution is -2.47. The van der Waals surface area contributed by atoms with Crippen LogP contribution in [0, 0.1) is 0 Å². The molecule has 2 N–H and O–H groups in total. The molecule has 4 rings (SSSR count). The number of methoxy groups -OCH3 is 1. The van der Waals surface area contributed by atoms with Crippen LogP contribution in [0.4, 0.5) is 17.1 Å². The second kappa shape index (κ2) is 14.4. The first kappa shape index (κ1) is 29.0. The lowest BCUT2D eigenvalue weighted by Gasteiger charge is -2.38. The Balaban J connectivity index is 1.49. The van der Waals surface area contributed by atoms with E-state index in [4.69, 9.17) is 4.74 Å². The van der Waals surface area contributed by atoms with Crippen LogP contribution < -0.4 is 25.2 Å². The highest BCUT2D eigenvalue weighted by Crippen LogP contribution is 2.31. The van der Waals surface area contributed by atoms with Crippen LogP contribution >= 0.6 is 0 Å². The summed E-state index contributed by atoms with van der Waals surface area (Å²) in [5.41, 5.74) is 4.09. The summed E-state index contributed by atoms with van der Waals surface area (Å²) in [6.45, 7) is 10.6. The first-order valence-corrected chi connectivity index (χ1v) is 14.1. The molecule has 212 valence electrons. The molecule has 1 fully saturated rings. The molecule has 1 heterocycles. The van der Waals surface area contributed by atoms with E-state index in [0.29, 0.717) is 17.8 Å². The van der Waals surface area contributed by atoms with E-state index in [1.54, 1.807) is 13.2 Å². The highest BCUT2D eigenvalue weighted by Gasteiger charge is 2.24. The molecule has 3 aromatic rings. The van der Waals surface area contributed by atoms with E-state index in [1.807, 2.05) is 60.7 Å². The number of nitrogens with one attached hydrogen (secondary N) is 2. The van der Waals surface area contributed by atoms with Gasteiger partial charge in [0.2, 0.25) is 5.91 Å². The van der Waals surface area contributed by atoms with Crippen molar-refractivity contribution in [2.75, 3.05) is 74.6 Å². The van der Waals surface area contributed by atoms with Crippen LogP contribution in [0.15, 0.2) is 72.8 Å². The number of para-hydroxylation sites is 2. The molecule has 0 spiro atoms. The highest BCUT2D eigenvalue weighted by molar-refractivity contribution is 6.02. The molecule has 0 saturated carbocycles. The minimum absolute atomic E-state index is 0.114. The minimum Gasteiger partial charge on any atom is -0.495 e. The number of amides is 2. The van der Waals surface area contributed by atoms with Crippen molar-refractivity contribution < 1.29 is 14.3 Å². The number of ether oxygens (including phenoxy) is 1. The number of benzene rings is 3. The maximum Gasteiger partial charge on any atom is 0.253 e. The van der Waals surface area contributed by atoms with Gasteiger partial charge in [-0.05, 0) is 49.0 Å². The van der Waals surface area contributed by atoms with Crippen LogP contribution in [-0.4, -0.2) is 76.2 Å². The normalized spacial score (nSPS) is 13.3. The number of likely N-dealkylation sites (N-methyl/N-ethyl adjacent to an activating group) is 1. The van der Waals surface area contributed by atoms with Crippen molar-refractivity contribution in [2.24, 2.45) is 0 Å². The Hall–Kier alpha value is -4.04. The van der Waals surface area contributed by atoms with E-state index >= 15 is 0 Å². The highest BCUT2D eigenvalue weighted by atomic mass is 16.5. The van der Waals surface area contributed by atoms with Crippen LogP contribution in [0.25, 0.3) is 0 Å². The fourth-order valence-corrected chi connectivity index (χ4v) is 5.10. The average Bonchev–Trinajstić information content (AvgIpc) is 2.99. The maximum absolute atomic E-state index is 13.5. The standard InChI is InChI=1S/C32H41N5O3/c1-4-35(5-2)18-17-33-32(39)27-24-26(34-31(38)23-25-11-7-6-8-12-25)15-16-28(27)36-19-21-37(22-20-36)29-13-9-10-14-30(29)40-3/h6-16,24H,4-5,17-23H2,1-3H3,(H,33,39)(H,34,38). The molecule has 0 aliphatic carbocycles. The van der Waals surface area contributed by atoms with Gasteiger partial charge in [-0.2, -0.15) is 0 Å². The second-order valence-corrected chi connectivity index (χ2v) is 9.87. The van der Waals surface area contributed by atoms with Gasteiger partial charge >= 0.3 is 0 Å². The third-order valence-electron chi connectivity index (χ3n) is 7.39. The van der Waals surface area contributed by atoms with Gasteiger partial charge in [0.25, 0.3) is 5.91 Å². The molecule has 0 radical (unpaired) electrons. The molecule has 0 bridgehead atoms. The molecule has 0 atom stereocenters. The topological polar surface area (TPSA) is 77.2 Å². The van der Waals surface area contributed by atoms with Crippen molar-refractivity contribution in [1.29, 1.82) is 0 Å². The summed E-state index contributed by atoms with van der Waals surface area (Å²) >= 11 is 0. The zero-order valence-electron chi connectivity index (χ0n) is 23.9. The van der Waals surface area contributed by atoms with Crippen LogP contribution in [0.3, 0.4) is 0 Å². The molecular formula is C32H41N5O3. The van der Waals surface area contributed by atoms with Gasteiger partial charge in [-0.1, -0.05) is 56.3 Å². The lowest BCUT2D eigenvalue weighted by molar-refractivity contribution is -0.115. The molecule has 2 amide bonds. The van der Waals surface area contributed by atoms with E-state index in [2.05, 4.69) is 45.2 Å². The summed E-state index contributed by atoms with van der Waals surface area (Å²) in [7, 11) is 1.69. The molecule has 1 aliphatic heterocycles. The van der Waals surface area contributed by atoms with E-state index in [-0.39, 0.29) is 18.2 Å². The predicted molar refractivity (Wildman–Crippen MR) is 163 cm³/mol. The number of anilines is 3. The third kappa shape index (κ3) is 7.54. The number of carbonyl (C=O) groups excluding carboxylic acids is 2. The molecule has 0 aromatic heterocycles. The van der Waals surface area contributed by atoms with Crippen LogP contribution in [-0.2, 0) is 11.2 Å². The van der Waals surface area contributed by atoms with Gasteiger partial charge in [-0.15, -0.1) is 0 Å². The Bertz CT molecular complexity index is 1250. The van der Waals surface area contributed by atoms with Crippen molar-refractivity contribution in [3.05, 3.63) is 83.9 Å². The van der Waals surface area contributed by atoms with Gasteiger partial charge in [0.05, 0.1) is 24.8 Å². The fourth-order valence-electron chi connectivity index (χ4n) is 5.10. The van der Waals surface area contributed by atoms with Crippen molar-refractivity contribution in [3.8, 4) is 5.75 Å². The second-order valence-electron chi connectivity index (χ2n) is 9.87. The van der Waals surface area contributed by atoms with Crippen LogP contribution in [0.5, 0.6) is 5.75 Å². The van der Waals surface area contributed by atoms with Crippen molar-refractivity contribution in [2.45, 2.75) is 20.3 Å². The van der Waals surface area contributed by atoms with E-state index < -0.39 is 0 Å². The van der Waals surface area contributed by atoms with E-state index in [9.17, 15) is 9.59 Å². The fraction of sp³-hybridized carbons (Fsp3) is 0.375. The van der Waals surface area contributed by atoms with Gasteiger partial charge in [0.1, 0.15) is 5.75 Å². The predicted octanol–water partition coefficient (Wildman–Crippen LogP) is 4.27. The molecule has 3 aromatic carbocycles. The number of hydrogen-bond acceptors (Lipinski definition) is 6. The monoisotopic (exact) mass is 543 g/mol. The maximum atomic E-state index is 13.5. The molecule has 40 heavy (non-hydrogen) atoms. The SMILES string of the molecule is CCN(CC)CCNC(=O)c1cc(NC(=O)Cc2ccccc2)ccc1N1CCN(c2ccccc2OC)CC1. The Labute approximate surface area is 237 Å². The van der Waals surface area contributed by atoms with Gasteiger partial charge < -0.3 is 30.1 Å². The minimum atomic E-state index is -0.131. The zero-order valence-corrected chi connectivity index (χ0v) is 23.9. The Morgan fingerprint density at radius 3 is 2.17 bits per heavy atom. The molecule has 1 aliphatic rings. The van der Waals surface area contributed by atoms with Gasteiger partial charge in [-0.25, -0.2) is 0 Å². The Morgan fingerprint density at radius 2 is 1.50 bits per heavy atom. The van der Waals surface area contributed by atoms with Crippen LogP contribution in [0.1, 0.15) is 29.8 Å². The van der Waals surface area contributed by atoms with E-state index in [1.165, 1.54) is 0 Å². The number of nitrogens with zero attached hydrogens (tertiary/aromatic N) is 3. The number of piperazine rings is 1. The van der Waals surface area contributed by atoms with Gasteiger partial charge in [0, 0.05) is 50.6 Å². The lowest BCUT2D eigenvalue weighted by atomic mass is 10.1. The summed E-state index contributed by atoms with van der Waals surface area (Å²) in [5, 5.41) is 6.08. The first-order chi connectivity index (χ1) is 19.5. The Morgan fingerprint density at radius 1 is 0.850 bits per heavy atom. The summed E-state index contributed by atoms with van der Waals surface area (Å²) in [5.74, 6) is 0.616. The zero-order chi connectivity index (χ0) is 28.3. The summed E-state index contributed by atoms with van der Waals surface area (Å²) in [4.78, 5) is 33.1. The van der Waals surface area contributed by atoms with Crippen molar-refractivity contribution in [3.63, 3.8) is 0 Å². The smallest absolute Gasteiger partial charge is 0.253 e. The van der Waals surface area contributed by atoms with Crippen molar-refractivity contribution >= 4 is 28.9 Å². The number of hydrogen-bond donors (Lipinski definition) is 2. The van der Waals surface area contributed by atoms with Gasteiger partial charge in [0.15, 0.2) is 0 Å². The molecule has 8 heteroatoms. The first-order valence-electron chi connectivity index (χ1n) is 14.1. The van der Waals surface area contributed by atoms with Crippen molar-refractivity contribution in [1.82, 2.24) is 10.2 Å². The molecule has 1 saturated heterocycles. The summed E-state index contributed by atoms with van der Waals surface area (Å²) in [6, 6.07) is 23.3. The van der Waals surface area contributed by atoms with E-state index in [0.717, 1.165) is 68.5 Å². The summed E-state index contributed by atoms with van der Waals surface area (Å²) < 4.78 is 5.57. The van der Waals surface area contributed by atoms with Crippen LogP contribution in [0.2, 0.25) is 0 Å². The molecule has 8 nitrogen and oxygen atoms in total.